The first kappa shape index (κ1) is 27.0. The van der Waals surface area contributed by atoms with Gasteiger partial charge in [-0.3, -0.25) is 4.79 Å². The zero-order chi connectivity index (χ0) is 27.9. The maximum Gasteiger partial charge on any atom is 0.416 e. The number of nitrogens with one attached hydrogen (secondary N) is 1. The Balaban J connectivity index is 1.31. The molecule has 6 nitrogen and oxygen atoms in total. The smallest absolute Gasteiger partial charge is 0.302 e. The summed E-state index contributed by atoms with van der Waals surface area (Å²) in [6, 6.07) is 17.2. The number of alkyl halides is 3. The van der Waals surface area contributed by atoms with Gasteiger partial charge >= 0.3 is 16.6 Å². The van der Waals surface area contributed by atoms with Gasteiger partial charge in [-0.15, -0.1) is 11.3 Å². The van der Waals surface area contributed by atoms with Gasteiger partial charge < -0.3 is 5.32 Å². The number of anilines is 2. The molecular formula is C28H25F3N3O3S2+. The molecule has 2 heterocycles. The fourth-order valence-electron chi connectivity index (χ4n) is 4.63. The molecule has 0 saturated carbocycles. The van der Waals surface area contributed by atoms with Gasteiger partial charge in [0.1, 0.15) is 0 Å². The number of amides is 1. The second-order valence-electron chi connectivity index (χ2n) is 9.30. The summed E-state index contributed by atoms with van der Waals surface area (Å²) in [6.07, 6.45) is -3.90. The number of hydrogen-bond donors (Lipinski definition) is 2. The van der Waals surface area contributed by atoms with Crippen LogP contribution in [0.1, 0.15) is 27.1 Å². The zero-order valence-electron chi connectivity index (χ0n) is 21.1. The molecular weight excluding hydrogens is 547 g/mol. The Morgan fingerprint density at radius 1 is 1.10 bits per heavy atom. The number of nitrogens with zero attached hydrogens (tertiary/aromatic N) is 2. The predicted molar refractivity (Wildman–Crippen MR) is 147 cm³/mol. The van der Waals surface area contributed by atoms with Crippen molar-refractivity contribution in [2.45, 2.75) is 37.8 Å². The Hall–Kier alpha value is -3.54. The van der Waals surface area contributed by atoms with E-state index in [0.717, 1.165) is 33.7 Å². The van der Waals surface area contributed by atoms with Crippen LogP contribution in [0.2, 0.25) is 0 Å². The third-order valence-corrected chi connectivity index (χ3v) is 9.47. The van der Waals surface area contributed by atoms with Crippen LogP contribution in [-0.4, -0.2) is 22.0 Å². The molecule has 0 fully saturated rings. The number of rotatable bonds is 6. The van der Waals surface area contributed by atoms with Crippen LogP contribution in [0, 0.1) is 13.8 Å². The molecule has 1 atom stereocenters. The van der Waals surface area contributed by atoms with E-state index in [2.05, 4.69) is 10.3 Å². The van der Waals surface area contributed by atoms with Gasteiger partial charge in [-0.1, -0.05) is 36.4 Å². The summed E-state index contributed by atoms with van der Waals surface area (Å²) in [5, 5.41) is 3.12. The highest BCUT2D eigenvalue weighted by Crippen LogP contribution is 2.40. The predicted octanol–water partition coefficient (Wildman–Crippen LogP) is 6.94. The van der Waals surface area contributed by atoms with Crippen molar-refractivity contribution in [2.75, 3.05) is 16.2 Å². The van der Waals surface area contributed by atoms with Gasteiger partial charge in [0.2, 0.25) is 10.8 Å². The number of fused-ring (bicyclic) bond motifs is 1. The highest BCUT2D eigenvalue weighted by Gasteiger charge is 2.43. The van der Waals surface area contributed by atoms with Gasteiger partial charge in [0.05, 0.1) is 29.9 Å². The van der Waals surface area contributed by atoms with E-state index < -0.39 is 22.1 Å². The first-order chi connectivity index (χ1) is 18.4. The highest BCUT2D eigenvalue weighted by molar-refractivity contribution is 7.99. The maximum absolute atomic E-state index is 13.5. The number of hydrogen-bond acceptors (Lipinski definition) is 4. The quantitative estimate of drug-likeness (QED) is 0.245. The molecule has 1 amide bonds. The van der Waals surface area contributed by atoms with Crippen LogP contribution >= 0.6 is 11.3 Å². The van der Waals surface area contributed by atoms with Crippen molar-refractivity contribution >= 4 is 38.5 Å². The van der Waals surface area contributed by atoms with E-state index in [1.807, 2.05) is 44.2 Å². The number of benzene rings is 3. The highest BCUT2D eigenvalue weighted by atomic mass is 32.3. The summed E-state index contributed by atoms with van der Waals surface area (Å²) in [5.41, 5.74) is 3.60. The molecule has 39 heavy (non-hydrogen) atoms. The summed E-state index contributed by atoms with van der Waals surface area (Å²) in [4.78, 5) is 18.4. The fraction of sp³-hybridized carbons (Fsp3) is 0.214. The van der Waals surface area contributed by atoms with Gasteiger partial charge in [0.15, 0.2) is 5.13 Å². The van der Waals surface area contributed by atoms with E-state index in [4.69, 9.17) is 0 Å². The van der Waals surface area contributed by atoms with Crippen molar-refractivity contribution in [1.82, 2.24) is 4.98 Å². The Morgan fingerprint density at radius 3 is 2.51 bits per heavy atom. The SMILES string of the molecule is Cc1ccccc1[S+](=O)(O)N1CCc2cc(-c3nc(NC(=O)Cc4ccc(C(F)(F)F)cc4)sc3C)ccc21. The van der Waals surface area contributed by atoms with Crippen LogP contribution in [0.4, 0.5) is 24.0 Å². The second kappa shape index (κ2) is 10.2. The second-order valence-corrected chi connectivity index (χ2v) is 12.4. The standard InChI is InChI=1S/C28H24F3N3O3S2/c1-17-5-3-4-6-24(17)39(36,37)34-14-13-20-16-21(9-12-23(20)34)26-18(2)38-27(33-26)32-25(35)15-19-7-10-22(11-8-19)28(29,30)31/h3-12,16H,13-15H2,1-2H3,(H-,32,33,35,36,37)/p+1. The molecule has 5 rings (SSSR count). The molecule has 1 unspecified atom stereocenters. The molecule has 1 aliphatic heterocycles. The third-order valence-electron chi connectivity index (χ3n) is 6.57. The van der Waals surface area contributed by atoms with Crippen LogP contribution in [0.15, 0.2) is 71.6 Å². The molecule has 0 radical (unpaired) electrons. The molecule has 3 aromatic carbocycles. The average molecular weight is 573 g/mol. The summed E-state index contributed by atoms with van der Waals surface area (Å²) in [6.45, 7) is 4.11. The number of thiazole rings is 1. The molecule has 0 saturated heterocycles. The topological polar surface area (TPSA) is 82.5 Å². The fourth-order valence-corrected chi connectivity index (χ4v) is 7.24. The zero-order valence-corrected chi connectivity index (χ0v) is 22.7. The minimum atomic E-state index is -4.43. The maximum atomic E-state index is 13.5. The van der Waals surface area contributed by atoms with Gasteiger partial charge in [0, 0.05) is 16.0 Å². The number of aryl methyl sites for hydroxylation is 2. The van der Waals surface area contributed by atoms with Crippen LogP contribution in [0.25, 0.3) is 11.3 Å². The summed E-state index contributed by atoms with van der Waals surface area (Å²) < 4.78 is 64.4. The normalized spacial score (nSPS) is 14.7. The van der Waals surface area contributed by atoms with Crippen molar-refractivity contribution in [3.8, 4) is 11.3 Å². The Labute approximate surface area is 228 Å². The van der Waals surface area contributed by atoms with Gasteiger partial charge in [-0.2, -0.15) is 22.0 Å². The minimum Gasteiger partial charge on any atom is -0.302 e. The van der Waals surface area contributed by atoms with Crippen molar-refractivity contribution in [2.24, 2.45) is 0 Å². The monoisotopic (exact) mass is 572 g/mol. The van der Waals surface area contributed by atoms with E-state index in [-0.39, 0.29) is 12.3 Å². The largest absolute Gasteiger partial charge is 0.416 e. The number of carbonyl (C=O) groups excluding carboxylic acids is 1. The molecule has 0 aliphatic carbocycles. The lowest BCUT2D eigenvalue weighted by atomic mass is 10.1. The Morgan fingerprint density at radius 2 is 1.82 bits per heavy atom. The summed E-state index contributed by atoms with van der Waals surface area (Å²) >= 11 is 1.30. The lowest BCUT2D eigenvalue weighted by Crippen LogP contribution is -2.35. The van der Waals surface area contributed by atoms with Crippen molar-refractivity contribution in [3.63, 3.8) is 0 Å². The Kier molecular flexibility index (Phi) is 7.08. The van der Waals surface area contributed by atoms with Crippen LogP contribution in [0.5, 0.6) is 0 Å². The molecule has 0 spiro atoms. The van der Waals surface area contributed by atoms with Crippen molar-refractivity contribution in [3.05, 3.63) is 93.9 Å². The number of carbonyl (C=O) groups is 1. The van der Waals surface area contributed by atoms with Crippen molar-refractivity contribution in [1.29, 1.82) is 0 Å². The van der Waals surface area contributed by atoms with E-state index in [1.54, 1.807) is 16.4 Å². The lowest BCUT2D eigenvalue weighted by molar-refractivity contribution is -0.137. The van der Waals surface area contributed by atoms with Gasteiger partial charge in [-0.25, -0.2) is 4.98 Å². The van der Waals surface area contributed by atoms with Crippen molar-refractivity contribution < 1.29 is 26.7 Å². The van der Waals surface area contributed by atoms with E-state index in [1.165, 1.54) is 23.5 Å². The first-order valence-corrected chi connectivity index (χ1v) is 14.4. The number of aromatic nitrogens is 1. The van der Waals surface area contributed by atoms with E-state index in [9.17, 15) is 26.7 Å². The van der Waals surface area contributed by atoms with Crippen LogP contribution < -0.4 is 9.62 Å². The number of halogens is 3. The van der Waals surface area contributed by atoms with E-state index >= 15 is 0 Å². The average Bonchev–Trinajstić information content (AvgIpc) is 3.47. The minimum absolute atomic E-state index is 0.0812. The molecule has 1 aromatic heterocycles. The molecule has 4 aromatic rings. The molecule has 202 valence electrons. The van der Waals surface area contributed by atoms with E-state index in [0.29, 0.717) is 39.9 Å². The lowest BCUT2D eigenvalue weighted by Gasteiger charge is -2.18. The summed E-state index contributed by atoms with van der Waals surface area (Å²) in [7, 11) is -3.45. The summed E-state index contributed by atoms with van der Waals surface area (Å²) in [5.74, 6) is -0.381. The molecule has 0 bridgehead atoms. The van der Waals surface area contributed by atoms with Crippen LogP contribution in [-0.2, 0) is 38.4 Å². The molecule has 2 N–H and O–H groups in total. The third kappa shape index (κ3) is 5.47. The molecule has 11 heteroatoms. The van der Waals surface area contributed by atoms with Gasteiger partial charge in [-0.05, 0) is 65.9 Å². The van der Waals surface area contributed by atoms with Crippen LogP contribution in [0.3, 0.4) is 0 Å². The Bertz CT molecular complexity index is 1600. The van der Waals surface area contributed by atoms with Gasteiger partial charge in [0.25, 0.3) is 0 Å². The first-order valence-electron chi connectivity index (χ1n) is 12.1. The molecule has 1 aliphatic rings.